The highest BCUT2D eigenvalue weighted by atomic mass is 16.5. The van der Waals surface area contributed by atoms with Crippen LogP contribution in [0.15, 0.2) is 103 Å². The van der Waals surface area contributed by atoms with Crippen molar-refractivity contribution < 1.29 is 14.3 Å². The third-order valence-corrected chi connectivity index (χ3v) is 8.38. The van der Waals surface area contributed by atoms with Crippen molar-refractivity contribution in [2.24, 2.45) is 5.92 Å². The predicted molar refractivity (Wildman–Crippen MR) is 169 cm³/mol. The number of nitrogens with zero attached hydrogens (tertiary/aromatic N) is 4. The predicted octanol–water partition coefficient (Wildman–Crippen LogP) is 3.32. The summed E-state index contributed by atoms with van der Waals surface area (Å²) in [5, 5.41) is 6.40. The van der Waals surface area contributed by atoms with Gasteiger partial charge in [0.1, 0.15) is 11.5 Å². The van der Waals surface area contributed by atoms with Gasteiger partial charge in [-0.15, -0.1) is 0 Å². The van der Waals surface area contributed by atoms with Gasteiger partial charge in [-0.25, -0.2) is 0 Å². The summed E-state index contributed by atoms with van der Waals surface area (Å²) in [6, 6.07) is 17.7. The van der Waals surface area contributed by atoms with Gasteiger partial charge in [0, 0.05) is 75.2 Å². The van der Waals surface area contributed by atoms with Crippen LogP contribution in [0.1, 0.15) is 16.8 Å². The van der Waals surface area contributed by atoms with Crippen molar-refractivity contribution in [1.82, 2.24) is 20.4 Å². The number of rotatable bonds is 8. The molecule has 43 heavy (non-hydrogen) atoms. The first-order chi connectivity index (χ1) is 21.1. The molecule has 2 aromatic carbocycles. The van der Waals surface area contributed by atoms with Crippen LogP contribution in [0, 0.1) is 5.92 Å². The lowest BCUT2D eigenvalue weighted by molar-refractivity contribution is -0.129. The SMILES string of the molecule is C=C1N(CCNC(=O)c2ccccc2)C(C(=O)N2CCNCC2)=C(C2C=CC=CC2)N1c1cccc(N2CCOCC2)c1. The Morgan fingerprint density at radius 1 is 0.953 bits per heavy atom. The summed E-state index contributed by atoms with van der Waals surface area (Å²) in [5.74, 6) is 0.575. The molecule has 0 saturated carbocycles. The van der Waals surface area contributed by atoms with Gasteiger partial charge >= 0.3 is 0 Å². The Bertz CT molecular complexity index is 1420. The summed E-state index contributed by atoms with van der Waals surface area (Å²) >= 11 is 0. The van der Waals surface area contributed by atoms with E-state index in [9.17, 15) is 9.59 Å². The largest absolute Gasteiger partial charge is 0.378 e. The highest BCUT2D eigenvalue weighted by molar-refractivity contribution is 5.97. The standard InChI is InChI=1S/C34H40N6O3/c1-26-39(20-17-36-33(41)28-11-6-3-7-12-28)32(34(42)38-18-15-35-16-19-38)31(27-9-4-2-5-10-27)40(26)30-14-8-13-29(25-30)37-21-23-43-24-22-37/h2-9,11-14,25,27,35H,1,10,15-24H2,(H,36,41). The van der Waals surface area contributed by atoms with Gasteiger partial charge in [-0.05, 0) is 36.8 Å². The number of allylic oxidation sites excluding steroid dienone is 4. The maximum atomic E-state index is 14.4. The number of amides is 2. The molecule has 9 nitrogen and oxygen atoms in total. The number of piperazine rings is 1. The van der Waals surface area contributed by atoms with Gasteiger partial charge in [0.15, 0.2) is 0 Å². The molecule has 2 amide bonds. The molecule has 0 bridgehead atoms. The summed E-state index contributed by atoms with van der Waals surface area (Å²) in [6.45, 7) is 11.2. The third kappa shape index (κ3) is 6.23. The Kier molecular flexibility index (Phi) is 8.91. The molecular weight excluding hydrogens is 540 g/mol. The molecule has 2 saturated heterocycles. The smallest absolute Gasteiger partial charge is 0.272 e. The number of hydrogen-bond donors (Lipinski definition) is 2. The first kappa shape index (κ1) is 28.8. The summed E-state index contributed by atoms with van der Waals surface area (Å²) < 4.78 is 5.59. The third-order valence-electron chi connectivity index (χ3n) is 8.38. The van der Waals surface area contributed by atoms with Crippen molar-refractivity contribution in [2.45, 2.75) is 6.42 Å². The number of morpholine rings is 1. The van der Waals surface area contributed by atoms with Crippen molar-refractivity contribution in [3.8, 4) is 0 Å². The van der Waals surface area contributed by atoms with Crippen LogP contribution in [0.3, 0.4) is 0 Å². The van der Waals surface area contributed by atoms with Crippen LogP contribution in [0.25, 0.3) is 0 Å². The molecule has 0 radical (unpaired) electrons. The van der Waals surface area contributed by atoms with E-state index in [4.69, 9.17) is 4.74 Å². The fraction of sp³-hybridized carbons (Fsp3) is 0.353. The molecule has 1 atom stereocenters. The number of anilines is 2. The van der Waals surface area contributed by atoms with Gasteiger partial charge in [-0.2, -0.15) is 0 Å². The lowest BCUT2D eigenvalue weighted by Crippen LogP contribution is -2.48. The number of ether oxygens (including phenoxy) is 1. The van der Waals surface area contributed by atoms with Crippen LogP contribution < -0.4 is 20.4 Å². The molecular formula is C34H40N6O3. The van der Waals surface area contributed by atoms with Gasteiger partial charge in [0.2, 0.25) is 0 Å². The Hall–Kier alpha value is -4.34. The van der Waals surface area contributed by atoms with Gasteiger partial charge in [-0.1, -0.05) is 55.1 Å². The minimum atomic E-state index is -0.139. The van der Waals surface area contributed by atoms with Crippen molar-refractivity contribution in [1.29, 1.82) is 0 Å². The Labute approximate surface area is 253 Å². The van der Waals surface area contributed by atoms with E-state index in [1.165, 1.54) is 0 Å². The molecule has 1 aliphatic carbocycles. The molecule has 0 aromatic heterocycles. The monoisotopic (exact) mass is 580 g/mol. The van der Waals surface area contributed by atoms with Crippen molar-refractivity contribution in [3.63, 3.8) is 0 Å². The van der Waals surface area contributed by atoms with E-state index in [0.29, 0.717) is 56.5 Å². The van der Waals surface area contributed by atoms with E-state index >= 15 is 0 Å². The quantitative estimate of drug-likeness (QED) is 0.496. The van der Waals surface area contributed by atoms with Gasteiger partial charge in [0.25, 0.3) is 11.8 Å². The second-order valence-corrected chi connectivity index (χ2v) is 11.1. The minimum Gasteiger partial charge on any atom is -0.378 e. The lowest BCUT2D eigenvalue weighted by Gasteiger charge is -2.32. The van der Waals surface area contributed by atoms with Crippen molar-refractivity contribution >= 4 is 23.2 Å². The number of nitrogens with one attached hydrogen (secondary N) is 2. The first-order valence-corrected chi connectivity index (χ1v) is 15.2. The van der Waals surface area contributed by atoms with Gasteiger partial charge in [0.05, 0.1) is 18.9 Å². The average molecular weight is 581 g/mol. The maximum Gasteiger partial charge on any atom is 0.272 e. The number of carbonyl (C=O) groups excluding carboxylic acids is 2. The normalized spacial score (nSPS) is 20.7. The van der Waals surface area contributed by atoms with Gasteiger partial charge in [-0.3, -0.25) is 14.5 Å². The summed E-state index contributed by atoms with van der Waals surface area (Å²) in [6.07, 6.45) is 9.22. The molecule has 2 aromatic rings. The van der Waals surface area contributed by atoms with Crippen LogP contribution in [-0.4, -0.2) is 87.2 Å². The Balaban J connectivity index is 1.36. The topological polar surface area (TPSA) is 80.4 Å². The zero-order chi connectivity index (χ0) is 29.6. The summed E-state index contributed by atoms with van der Waals surface area (Å²) in [5.41, 5.74) is 4.27. The number of benzene rings is 2. The molecule has 9 heteroatoms. The molecule has 3 aliphatic heterocycles. The molecule has 6 rings (SSSR count). The summed E-state index contributed by atoms with van der Waals surface area (Å²) in [4.78, 5) is 35.7. The van der Waals surface area contributed by atoms with E-state index in [1.54, 1.807) is 12.1 Å². The molecule has 4 aliphatic rings. The van der Waals surface area contributed by atoms with Crippen LogP contribution in [0.4, 0.5) is 11.4 Å². The summed E-state index contributed by atoms with van der Waals surface area (Å²) in [7, 11) is 0. The van der Waals surface area contributed by atoms with Gasteiger partial charge < -0.3 is 30.1 Å². The average Bonchev–Trinajstić information content (AvgIpc) is 3.37. The first-order valence-electron chi connectivity index (χ1n) is 15.2. The molecule has 0 spiro atoms. The van der Waals surface area contributed by atoms with E-state index in [-0.39, 0.29) is 17.7 Å². The molecule has 2 fully saturated rings. The van der Waals surface area contributed by atoms with Crippen LogP contribution in [0.5, 0.6) is 0 Å². The number of carbonyl (C=O) groups is 2. The highest BCUT2D eigenvalue weighted by Crippen LogP contribution is 2.43. The molecule has 1 unspecified atom stereocenters. The van der Waals surface area contributed by atoms with Crippen LogP contribution in [-0.2, 0) is 9.53 Å². The Morgan fingerprint density at radius 2 is 1.72 bits per heavy atom. The van der Waals surface area contributed by atoms with Crippen LogP contribution in [0.2, 0.25) is 0 Å². The fourth-order valence-corrected chi connectivity index (χ4v) is 6.15. The fourth-order valence-electron chi connectivity index (χ4n) is 6.15. The second-order valence-electron chi connectivity index (χ2n) is 11.1. The lowest BCUT2D eigenvalue weighted by atomic mass is 9.94. The van der Waals surface area contributed by atoms with E-state index < -0.39 is 0 Å². The van der Waals surface area contributed by atoms with Crippen molar-refractivity contribution in [2.75, 3.05) is 75.4 Å². The second kappa shape index (κ2) is 13.3. The molecule has 224 valence electrons. The Morgan fingerprint density at radius 3 is 2.47 bits per heavy atom. The minimum absolute atomic E-state index is 0.000400. The van der Waals surface area contributed by atoms with E-state index in [1.807, 2.05) is 28.0 Å². The zero-order valence-corrected chi connectivity index (χ0v) is 24.6. The highest BCUT2D eigenvalue weighted by Gasteiger charge is 2.41. The zero-order valence-electron chi connectivity index (χ0n) is 24.6. The number of hydrogen-bond acceptors (Lipinski definition) is 7. The van der Waals surface area contributed by atoms with Crippen LogP contribution >= 0.6 is 0 Å². The molecule has 3 heterocycles. The van der Waals surface area contributed by atoms with E-state index in [0.717, 1.165) is 49.7 Å². The van der Waals surface area contributed by atoms with E-state index in [2.05, 4.69) is 75.6 Å². The maximum absolute atomic E-state index is 14.4. The van der Waals surface area contributed by atoms with Crippen molar-refractivity contribution in [3.05, 3.63) is 108 Å². The molecule has 2 N–H and O–H groups in total.